The van der Waals surface area contributed by atoms with Crippen molar-refractivity contribution in [1.29, 1.82) is 0 Å². The topological polar surface area (TPSA) is 42.2 Å². The predicted molar refractivity (Wildman–Crippen MR) is 45.4 cm³/mol. The summed E-state index contributed by atoms with van der Waals surface area (Å²) in [6.07, 6.45) is 2.85. The molecule has 0 saturated heterocycles. The highest BCUT2D eigenvalue weighted by Gasteiger charge is 2.17. The summed E-state index contributed by atoms with van der Waals surface area (Å²) < 4.78 is 1.63. The zero-order valence-electron chi connectivity index (χ0n) is 7.00. The molecule has 1 aromatic heterocycles. The summed E-state index contributed by atoms with van der Waals surface area (Å²) in [5.41, 5.74) is 1.84. The molecule has 0 spiro atoms. The average molecular weight is 165 g/mol. The van der Waals surface area contributed by atoms with Crippen molar-refractivity contribution in [3.8, 4) is 5.75 Å². The van der Waals surface area contributed by atoms with Gasteiger partial charge in [0.2, 0.25) is 0 Å². The molecule has 0 fully saturated rings. The second kappa shape index (κ2) is 2.37. The molecule has 1 aromatic rings. The first-order valence-electron chi connectivity index (χ1n) is 4.11. The van der Waals surface area contributed by atoms with E-state index in [0.717, 1.165) is 30.5 Å². The van der Waals surface area contributed by atoms with Crippen molar-refractivity contribution in [3.05, 3.63) is 27.7 Å². The number of aromatic hydroxyl groups is 1. The highest BCUT2D eigenvalue weighted by molar-refractivity contribution is 5.38. The largest absolute Gasteiger partial charge is 0.507 e. The summed E-state index contributed by atoms with van der Waals surface area (Å²) in [4.78, 5) is 11.2. The molecule has 1 aliphatic carbocycles. The van der Waals surface area contributed by atoms with Gasteiger partial charge in [0.05, 0.1) is 0 Å². The third kappa shape index (κ3) is 0.858. The Hall–Kier alpha value is -1.25. The van der Waals surface area contributed by atoms with Crippen LogP contribution in [0, 0.1) is 0 Å². The van der Waals surface area contributed by atoms with Gasteiger partial charge in [-0.05, 0) is 19.3 Å². The fourth-order valence-corrected chi connectivity index (χ4v) is 1.81. The van der Waals surface area contributed by atoms with Gasteiger partial charge in [-0.2, -0.15) is 0 Å². The van der Waals surface area contributed by atoms with Gasteiger partial charge in [-0.3, -0.25) is 4.79 Å². The van der Waals surface area contributed by atoms with Crippen LogP contribution in [0.5, 0.6) is 5.75 Å². The Kier molecular flexibility index (Phi) is 1.46. The molecular formula is C9H11NO2. The molecule has 0 unspecified atom stereocenters. The Morgan fingerprint density at radius 2 is 2.25 bits per heavy atom. The van der Waals surface area contributed by atoms with Crippen molar-refractivity contribution in [2.24, 2.45) is 7.05 Å². The lowest BCUT2D eigenvalue weighted by molar-refractivity contribution is 0.465. The smallest absolute Gasteiger partial charge is 0.254 e. The average Bonchev–Trinajstić information content (AvgIpc) is 2.48. The van der Waals surface area contributed by atoms with Gasteiger partial charge in [0.25, 0.3) is 5.56 Å². The molecule has 1 aliphatic rings. The van der Waals surface area contributed by atoms with Crippen molar-refractivity contribution in [1.82, 2.24) is 4.57 Å². The first kappa shape index (κ1) is 7.40. The van der Waals surface area contributed by atoms with Gasteiger partial charge in [0.15, 0.2) is 0 Å². The number of rotatable bonds is 0. The lowest BCUT2D eigenvalue weighted by atomic mass is 10.2. The van der Waals surface area contributed by atoms with E-state index in [1.165, 1.54) is 6.07 Å². The Morgan fingerprint density at radius 3 is 3.00 bits per heavy atom. The van der Waals surface area contributed by atoms with E-state index in [1.807, 2.05) is 0 Å². The van der Waals surface area contributed by atoms with Gasteiger partial charge in [0, 0.05) is 24.4 Å². The van der Waals surface area contributed by atoms with Crippen molar-refractivity contribution < 1.29 is 5.11 Å². The molecule has 0 aliphatic heterocycles. The summed E-state index contributed by atoms with van der Waals surface area (Å²) in [7, 11) is 1.76. The van der Waals surface area contributed by atoms with Gasteiger partial charge in [-0.1, -0.05) is 0 Å². The zero-order chi connectivity index (χ0) is 8.72. The van der Waals surface area contributed by atoms with E-state index in [4.69, 9.17) is 0 Å². The Morgan fingerprint density at radius 1 is 1.50 bits per heavy atom. The Balaban J connectivity index is 2.78. The Bertz CT molecular complexity index is 379. The van der Waals surface area contributed by atoms with Crippen LogP contribution in [0.25, 0.3) is 0 Å². The highest BCUT2D eigenvalue weighted by Crippen LogP contribution is 2.27. The number of nitrogens with zero attached hydrogens (tertiary/aromatic N) is 1. The van der Waals surface area contributed by atoms with E-state index in [9.17, 15) is 9.90 Å². The standard InChI is InChI=1S/C9H11NO2/c1-10-7-4-2-3-6(7)8(11)5-9(10)12/h5,11H,2-4H2,1H3. The molecule has 0 atom stereocenters. The minimum Gasteiger partial charge on any atom is -0.507 e. The molecule has 0 amide bonds. The van der Waals surface area contributed by atoms with Crippen molar-refractivity contribution in [2.45, 2.75) is 19.3 Å². The molecular weight excluding hydrogens is 154 g/mol. The normalized spacial score (nSPS) is 14.8. The molecule has 2 rings (SSSR count). The van der Waals surface area contributed by atoms with E-state index in [2.05, 4.69) is 0 Å². The fourth-order valence-electron chi connectivity index (χ4n) is 1.81. The van der Waals surface area contributed by atoms with Crippen LogP contribution in [-0.2, 0) is 19.9 Å². The van der Waals surface area contributed by atoms with E-state index < -0.39 is 0 Å². The minimum absolute atomic E-state index is 0.117. The number of aromatic nitrogens is 1. The number of fused-ring (bicyclic) bond motifs is 1. The number of hydrogen-bond donors (Lipinski definition) is 1. The fraction of sp³-hybridized carbons (Fsp3) is 0.444. The van der Waals surface area contributed by atoms with E-state index in [1.54, 1.807) is 11.6 Å². The third-order valence-corrected chi connectivity index (χ3v) is 2.49. The molecule has 3 heteroatoms. The maximum atomic E-state index is 11.2. The second-order valence-electron chi connectivity index (χ2n) is 3.21. The number of hydrogen-bond acceptors (Lipinski definition) is 2. The van der Waals surface area contributed by atoms with E-state index in [-0.39, 0.29) is 11.3 Å². The van der Waals surface area contributed by atoms with Crippen LogP contribution in [0.2, 0.25) is 0 Å². The SMILES string of the molecule is Cn1c2c(c(O)cc1=O)CCC2. The summed E-state index contributed by atoms with van der Waals surface area (Å²) in [6, 6.07) is 1.30. The van der Waals surface area contributed by atoms with Crippen molar-refractivity contribution >= 4 is 0 Å². The van der Waals surface area contributed by atoms with Gasteiger partial charge in [-0.25, -0.2) is 0 Å². The minimum atomic E-state index is -0.117. The van der Waals surface area contributed by atoms with E-state index >= 15 is 0 Å². The van der Waals surface area contributed by atoms with E-state index in [0.29, 0.717) is 0 Å². The lowest BCUT2D eigenvalue weighted by Crippen LogP contribution is -2.19. The summed E-state index contributed by atoms with van der Waals surface area (Å²) >= 11 is 0. The number of pyridine rings is 1. The molecule has 0 radical (unpaired) electrons. The van der Waals surface area contributed by atoms with Gasteiger partial charge >= 0.3 is 0 Å². The lowest BCUT2D eigenvalue weighted by Gasteiger charge is -2.06. The van der Waals surface area contributed by atoms with Gasteiger partial charge < -0.3 is 9.67 Å². The van der Waals surface area contributed by atoms with Crippen LogP contribution in [0.4, 0.5) is 0 Å². The maximum absolute atomic E-state index is 11.2. The zero-order valence-corrected chi connectivity index (χ0v) is 7.00. The van der Waals surface area contributed by atoms with Crippen LogP contribution in [0.1, 0.15) is 17.7 Å². The molecule has 0 aromatic carbocycles. The third-order valence-electron chi connectivity index (χ3n) is 2.49. The maximum Gasteiger partial charge on any atom is 0.254 e. The van der Waals surface area contributed by atoms with Crippen molar-refractivity contribution in [2.75, 3.05) is 0 Å². The van der Waals surface area contributed by atoms with Crippen molar-refractivity contribution in [3.63, 3.8) is 0 Å². The highest BCUT2D eigenvalue weighted by atomic mass is 16.3. The molecule has 0 bridgehead atoms. The van der Waals surface area contributed by atoms with Crippen LogP contribution < -0.4 is 5.56 Å². The van der Waals surface area contributed by atoms with Gasteiger partial charge in [-0.15, -0.1) is 0 Å². The predicted octanol–water partition coefficient (Wildman–Crippen LogP) is 0.580. The summed E-state index contributed by atoms with van der Waals surface area (Å²) in [5, 5.41) is 9.42. The molecule has 12 heavy (non-hydrogen) atoms. The summed E-state index contributed by atoms with van der Waals surface area (Å²) in [5.74, 6) is 0.172. The van der Waals surface area contributed by atoms with Crippen LogP contribution in [0.3, 0.4) is 0 Å². The van der Waals surface area contributed by atoms with Crippen LogP contribution >= 0.6 is 0 Å². The quantitative estimate of drug-likeness (QED) is 0.611. The molecule has 3 nitrogen and oxygen atoms in total. The first-order chi connectivity index (χ1) is 5.70. The first-order valence-corrected chi connectivity index (χ1v) is 4.11. The van der Waals surface area contributed by atoms with Crippen LogP contribution in [0.15, 0.2) is 10.9 Å². The molecule has 0 saturated carbocycles. The molecule has 64 valence electrons. The van der Waals surface area contributed by atoms with Gasteiger partial charge in [0.1, 0.15) is 5.75 Å². The van der Waals surface area contributed by atoms with Crippen LogP contribution in [-0.4, -0.2) is 9.67 Å². The monoisotopic (exact) mass is 165 g/mol. The Labute approximate surface area is 70.3 Å². The molecule has 1 N–H and O–H groups in total. The molecule has 1 heterocycles. The summed E-state index contributed by atoms with van der Waals surface area (Å²) in [6.45, 7) is 0. The second-order valence-corrected chi connectivity index (χ2v) is 3.21.